The molecule has 1 aliphatic heterocycles. The Bertz CT molecular complexity index is 581. The van der Waals surface area contributed by atoms with Crippen molar-refractivity contribution in [3.63, 3.8) is 0 Å². The largest absolute Gasteiger partial charge is 0.405 e. The Kier molecular flexibility index (Phi) is 6.14. The number of hydrogen-bond donors (Lipinski definition) is 1. The van der Waals surface area contributed by atoms with E-state index < -0.39 is 17.8 Å². The number of carbonyl (C=O) groups excluding carboxylic acids is 1. The van der Waals surface area contributed by atoms with Crippen LogP contribution in [0.1, 0.15) is 57.6 Å². The summed E-state index contributed by atoms with van der Waals surface area (Å²) in [6.45, 7) is 5.42. The minimum Gasteiger partial charge on any atom is -0.288 e. The summed E-state index contributed by atoms with van der Waals surface area (Å²) >= 11 is 0. The van der Waals surface area contributed by atoms with E-state index in [1.807, 2.05) is 12.1 Å². The van der Waals surface area contributed by atoms with Crippen LogP contribution in [0.25, 0.3) is 0 Å². The summed E-state index contributed by atoms with van der Waals surface area (Å²) in [6, 6.07) is 6.58. The molecule has 1 fully saturated rings. The molecule has 2 rings (SSSR count). The first kappa shape index (κ1) is 19.8. The Morgan fingerprint density at radius 1 is 1.16 bits per heavy atom. The Morgan fingerprint density at radius 3 is 2.24 bits per heavy atom. The molecule has 1 unspecified atom stereocenters. The van der Waals surface area contributed by atoms with Crippen LogP contribution in [-0.4, -0.2) is 28.7 Å². The highest BCUT2D eigenvalue weighted by molar-refractivity contribution is 5.78. The molecule has 0 aromatic heterocycles. The van der Waals surface area contributed by atoms with Gasteiger partial charge in [-0.3, -0.25) is 10.2 Å². The van der Waals surface area contributed by atoms with Crippen LogP contribution in [0.15, 0.2) is 24.3 Å². The molecule has 0 radical (unpaired) electrons. The van der Waals surface area contributed by atoms with Crippen LogP contribution in [0.2, 0.25) is 0 Å². The fraction of sp³-hybridized carbons (Fsp3) is 0.632. The molecule has 0 bridgehead atoms. The number of benzene rings is 1. The lowest BCUT2D eigenvalue weighted by Gasteiger charge is -2.37. The molecule has 1 aromatic rings. The van der Waals surface area contributed by atoms with Gasteiger partial charge in [-0.05, 0) is 50.7 Å². The quantitative estimate of drug-likeness (QED) is 0.734. The third kappa shape index (κ3) is 5.21. The molecule has 1 aliphatic rings. The van der Waals surface area contributed by atoms with Crippen LogP contribution < -0.4 is 5.43 Å². The van der Waals surface area contributed by atoms with Gasteiger partial charge in [-0.2, -0.15) is 13.2 Å². The van der Waals surface area contributed by atoms with Gasteiger partial charge in [0.25, 0.3) is 0 Å². The number of nitrogens with zero attached hydrogens (tertiary/aromatic N) is 1. The molecule has 1 heterocycles. The number of rotatable bonds is 7. The average molecular weight is 356 g/mol. The summed E-state index contributed by atoms with van der Waals surface area (Å²) in [5, 5.41) is 1.10. The van der Waals surface area contributed by atoms with Gasteiger partial charge in [0.15, 0.2) is 0 Å². The van der Waals surface area contributed by atoms with E-state index in [-0.39, 0.29) is 18.7 Å². The highest BCUT2D eigenvalue weighted by Crippen LogP contribution is 2.35. The second kappa shape index (κ2) is 7.77. The van der Waals surface area contributed by atoms with Crippen molar-refractivity contribution in [2.24, 2.45) is 0 Å². The number of hydrazine groups is 1. The lowest BCUT2D eigenvalue weighted by atomic mass is 9.97. The molecule has 1 amide bonds. The predicted molar refractivity (Wildman–Crippen MR) is 91.9 cm³/mol. The number of amides is 1. The van der Waals surface area contributed by atoms with E-state index in [2.05, 4.69) is 24.5 Å². The van der Waals surface area contributed by atoms with E-state index in [0.717, 1.165) is 23.4 Å². The van der Waals surface area contributed by atoms with E-state index >= 15 is 0 Å². The van der Waals surface area contributed by atoms with Crippen molar-refractivity contribution in [3.05, 3.63) is 35.4 Å². The number of alkyl halides is 3. The second-order valence-corrected chi connectivity index (χ2v) is 7.37. The maximum absolute atomic E-state index is 13.5. The van der Waals surface area contributed by atoms with Gasteiger partial charge in [0.05, 0.1) is 0 Å². The first-order valence-electron chi connectivity index (χ1n) is 8.87. The lowest BCUT2D eigenvalue weighted by molar-refractivity contribution is -0.202. The van der Waals surface area contributed by atoms with Crippen LogP contribution in [0.5, 0.6) is 0 Å². The molecule has 1 atom stereocenters. The van der Waals surface area contributed by atoms with Gasteiger partial charge < -0.3 is 0 Å². The highest BCUT2D eigenvalue weighted by Gasteiger charge is 2.51. The molecule has 0 aliphatic carbocycles. The van der Waals surface area contributed by atoms with Gasteiger partial charge in [0.2, 0.25) is 5.91 Å². The van der Waals surface area contributed by atoms with Crippen molar-refractivity contribution in [1.82, 2.24) is 10.4 Å². The summed E-state index contributed by atoms with van der Waals surface area (Å²) in [5.41, 5.74) is 3.98. The van der Waals surface area contributed by atoms with Crippen molar-refractivity contribution in [2.45, 2.75) is 77.1 Å². The Hall–Kier alpha value is -1.56. The molecule has 1 saturated heterocycles. The third-order valence-corrected chi connectivity index (χ3v) is 4.80. The smallest absolute Gasteiger partial charge is 0.288 e. The van der Waals surface area contributed by atoms with E-state index in [1.165, 1.54) is 5.56 Å². The Morgan fingerprint density at radius 2 is 1.76 bits per heavy atom. The maximum atomic E-state index is 13.5. The van der Waals surface area contributed by atoms with Crippen molar-refractivity contribution in [1.29, 1.82) is 0 Å². The molecule has 0 saturated carbocycles. The summed E-state index contributed by atoms with van der Waals surface area (Å²) in [4.78, 5) is 11.5. The van der Waals surface area contributed by atoms with Crippen LogP contribution in [0.4, 0.5) is 13.2 Å². The number of aryl methyl sites for hydroxylation is 2. The van der Waals surface area contributed by atoms with E-state index in [0.29, 0.717) is 12.8 Å². The molecule has 3 nitrogen and oxygen atoms in total. The molecule has 1 N–H and O–H groups in total. The van der Waals surface area contributed by atoms with E-state index in [1.54, 1.807) is 13.8 Å². The zero-order valence-corrected chi connectivity index (χ0v) is 15.1. The number of nitrogens with one attached hydrogen (secondary N) is 1. The second-order valence-electron chi connectivity index (χ2n) is 7.37. The fourth-order valence-electron chi connectivity index (χ4n) is 3.35. The summed E-state index contributed by atoms with van der Waals surface area (Å²) in [6.07, 6.45) is -1.39. The van der Waals surface area contributed by atoms with Crippen LogP contribution in [0, 0.1) is 0 Å². The molecular weight excluding hydrogens is 329 g/mol. The SMILES string of the molecule is CCc1ccc(CCCCC(N2NC(=O)CC2(C)C)C(F)(F)F)cc1. The first-order valence-corrected chi connectivity index (χ1v) is 8.87. The zero-order chi connectivity index (χ0) is 18.7. The molecule has 6 heteroatoms. The minimum atomic E-state index is -4.36. The molecular formula is C19H27F3N2O. The third-order valence-electron chi connectivity index (χ3n) is 4.80. The first-order chi connectivity index (χ1) is 11.6. The normalized spacial score (nSPS) is 19.0. The Balaban J connectivity index is 1.91. The van der Waals surface area contributed by atoms with Gasteiger partial charge in [0, 0.05) is 12.0 Å². The maximum Gasteiger partial charge on any atom is 0.405 e. The molecule has 25 heavy (non-hydrogen) atoms. The summed E-state index contributed by atoms with van der Waals surface area (Å²) in [7, 11) is 0. The zero-order valence-electron chi connectivity index (χ0n) is 15.1. The van der Waals surface area contributed by atoms with E-state index in [9.17, 15) is 18.0 Å². The topological polar surface area (TPSA) is 32.3 Å². The van der Waals surface area contributed by atoms with Crippen molar-refractivity contribution in [2.75, 3.05) is 0 Å². The monoisotopic (exact) mass is 356 g/mol. The van der Waals surface area contributed by atoms with Crippen LogP contribution in [-0.2, 0) is 17.6 Å². The number of carbonyl (C=O) groups is 1. The average Bonchev–Trinajstić information content (AvgIpc) is 2.78. The minimum absolute atomic E-state index is 0.0136. The number of unbranched alkanes of at least 4 members (excludes halogenated alkanes) is 1. The number of hydrogen-bond acceptors (Lipinski definition) is 2. The Labute approximate surface area is 147 Å². The molecule has 0 spiro atoms. The van der Waals surface area contributed by atoms with E-state index in [4.69, 9.17) is 0 Å². The summed E-state index contributed by atoms with van der Waals surface area (Å²) < 4.78 is 40.4. The van der Waals surface area contributed by atoms with Gasteiger partial charge in [-0.25, -0.2) is 5.01 Å². The van der Waals surface area contributed by atoms with Gasteiger partial charge in [-0.1, -0.05) is 37.6 Å². The van der Waals surface area contributed by atoms with Crippen LogP contribution in [0.3, 0.4) is 0 Å². The van der Waals surface area contributed by atoms with Crippen molar-refractivity contribution < 1.29 is 18.0 Å². The molecule has 140 valence electrons. The number of halogens is 3. The fourth-order valence-corrected chi connectivity index (χ4v) is 3.35. The summed E-state index contributed by atoms with van der Waals surface area (Å²) in [5.74, 6) is -0.352. The standard InChI is InChI=1S/C19H27F3N2O/c1-4-14-9-11-15(12-10-14)7-5-6-8-16(19(20,21)22)24-18(2,3)13-17(25)23-24/h9-12,16H,4-8,13H2,1-3H3,(H,23,25). The predicted octanol–water partition coefficient (Wildman–Crippen LogP) is 4.41. The van der Waals surface area contributed by atoms with Gasteiger partial charge in [0.1, 0.15) is 6.04 Å². The van der Waals surface area contributed by atoms with Crippen molar-refractivity contribution >= 4 is 5.91 Å². The lowest BCUT2D eigenvalue weighted by Crippen LogP contribution is -2.56. The van der Waals surface area contributed by atoms with Crippen LogP contribution >= 0.6 is 0 Å². The van der Waals surface area contributed by atoms with Gasteiger partial charge >= 0.3 is 6.18 Å². The van der Waals surface area contributed by atoms with Gasteiger partial charge in [-0.15, -0.1) is 0 Å². The highest BCUT2D eigenvalue weighted by atomic mass is 19.4. The molecule has 1 aromatic carbocycles. The van der Waals surface area contributed by atoms with Crippen molar-refractivity contribution in [3.8, 4) is 0 Å².